The Balaban J connectivity index is 1.67. The van der Waals surface area contributed by atoms with Gasteiger partial charge in [0.25, 0.3) is 0 Å². The molecule has 2 aliphatic heterocycles. The third-order valence-corrected chi connectivity index (χ3v) is 12.9. The van der Waals surface area contributed by atoms with E-state index >= 15 is 0 Å². The number of ether oxygens (including phenoxy) is 2. The normalized spacial score (nSPS) is 25.1. The first-order valence-electron chi connectivity index (χ1n) is 19.6. The first-order valence-corrected chi connectivity index (χ1v) is 21.5. The quantitative estimate of drug-likeness (QED) is 0.0588. The van der Waals surface area contributed by atoms with E-state index in [0.717, 1.165) is 29.9 Å². The summed E-state index contributed by atoms with van der Waals surface area (Å²) < 4.78 is 33.7. The molecule has 268 valence electrons. The highest BCUT2D eigenvalue weighted by Gasteiger charge is 2.45. The summed E-state index contributed by atoms with van der Waals surface area (Å²) in [5.74, 6) is 1.39. The number of nitrogens with zero attached hydrogens (tertiary/aromatic N) is 1. The average Bonchev–Trinajstić information content (AvgIpc) is 3.12. The molecule has 2 aliphatic rings. The zero-order valence-electron chi connectivity index (χ0n) is 31.3. The van der Waals surface area contributed by atoms with Crippen LogP contribution in [0.1, 0.15) is 150 Å². The lowest BCUT2D eigenvalue weighted by molar-refractivity contribution is -0.890. The number of unbranched alkanes of at least 4 members (excludes halogenated alkanes) is 15. The third-order valence-electron chi connectivity index (χ3n) is 10.1. The smallest absolute Gasteiger partial charge is 0.373 e. The van der Waals surface area contributed by atoms with Crippen LogP contribution in [0.15, 0.2) is 0 Å². The third kappa shape index (κ3) is 19.5. The van der Waals surface area contributed by atoms with Crippen molar-refractivity contribution in [1.82, 2.24) is 0 Å². The molecule has 0 radical (unpaired) electrons. The highest BCUT2D eigenvalue weighted by molar-refractivity contribution is 6.60. The molecule has 0 amide bonds. The molecule has 0 spiro atoms. The molecule has 4 unspecified atom stereocenters. The van der Waals surface area contributed by atoms with Crippen LogP contribution in [0.5, 0.6) is 0 Å². The van der Waals surface area contributed by atoms with Crippen molar-refractivity contribution < 1.29 is 27.2 Å². The molecule has 0 aliphatic carbocycles. The highest BCUT2D eigenvalue weighted by Crippen LogP contribution is 2.27. The van der Waals surface area contributed by atoms with Gasteiger partial charge in [-0.2, -0.15) is 0 Å². The first-order chi connectivity index (χ1) is 21.6. The average molecular weight is 657 g/mol. The first kappa shape index (κ1) is 41.1. The second kappa shape index (κ2) is 24.2. The molecule has 4 atom stereocenters. The van der Waals surface area contributed by atoms with E-state index in [0.29, 0.717) is 50.8 Å². The molecular weight excluding hydrogens is 579 g/mol. The van der Waals surface area contributed by atoms with E-state index < -0.39 is 8.80 Å². The second-order valence-corrected chi connectivity index (χ2v) is 18.7. The van der Waals surface area contributed by atoms with Crippen LogP contribution in [-0.4, -0.2) is 85.7 Å². The maximum absolute atomic E-state index is 6.72. The number of hydrogen-bond acceptors (Lipinski definition) is 5. The van der Waals surface area contributed by atoms with Crippen LogP contribution < -0.4 is 0 Å². The van der Waals surface area contributed by atoms with Gasteiger partial charge in [0.1, 0.15) is 6.10 Å². The van der Waals surface area contributed by atoms with Crippen molar-refractivity contribution in [3.8, 4) is 0 Å². The molecule has 45 heavy (non-hydrogen) atoms. The van der Waals surface area contributed by atoms with E-state index in [-0.39, 0.29) is 12.2 Å². The van der Waals surface area contributed by atoms with Crippen molar-refractivity contribution >= 4 is 8.80 Å². The Morgan fingerprint density at radius 1 is 0.578 bits per heavy atom. The lowest BCUT2D eigenvalue weighted by Gasteiger charge is -2.34. The van der Waals surface area contributed by atoms with E-state index in [1.807, 2.05) is 0 Å². The summed E-state index contributed by atoms with van der Waals surface area (Å²) in [6.45, 7) is 16.7. The van der Waals surface area contributed by atoms with Crippen LogP contribution in [0.4, 0.5) is 0 Å². The van der Waals surface area contributed by atoms with Crippen molar-refractivity contribution in [3.63, 3.8) is 0 Å². The molecule has 6 nitrogen and oxygen atoms in total. The molecule has 2 rings (SSSR count). The number of hydrogen-bond donors (Lipinski definition) is 0. The molecule has 2 heterocycles. The zero-order valence-corrected chi connectivity index (χ0v) is 32.3. The Kier molecular flexibility index (Phi) is 22.1. The van der Waals surface area contributed by atoms with Gasteiger partial charge in [-0.1, -0.05) is 125 Å². The number of quaternary nitrogens is 1. The minimum Gasteiger partial charge on any atom is -0.373 e. The fourth-order valence-corrected chi connectivity index (χ4v) is 9.35. The number of fused-ring (bicyclic) bond motifs is 3. The summed E-state index contributed by atoms with van der Waals surface area (Å²) in [5, 5.41) is 0. The van der Waals surface area contributed by atoms with E-state index in [2.05, 4.69) is 48.7 Å². The van der Waals surface area contributed by atoms with Crippen LogP contribution in [0.25, 0.3) is 0 Å². The lowest BCUT2D eigenvalue weighted by atomic mass is 9.98. The zero-order chi connectivity index (χ0) is 32.8. The van der Waals surface area contributed by atoms with Gasteiger partial charge < -0.3 is 27.2 Å². The fraction of sp³-hybridized carbons (Fsp3) is 1.00. The molecule has 0 aromatic rings. The monoisotopic (exact) mass is 657 g/mol. The summed E-state index contributed by atoms with van der Waals surface area (Å²) in [4.78, 5) is 0. The molecule has 0 aromatic carbocycles. The van der Waals surface area contributed by atoms with Crippen molar-refractivity contribution in [2.75, 3.05) is 60.2 Å². The summed E-state index contributed by atoms with van der Waals surface area (Å²) in [6.07, 6.45) is 24.8. The summed E-state index contributed by atoms with van der Waals surface area (Å²) in [6, 6.07) is 0.875. The Labute approximate surface area is 282 Å². The largest absolute Gasteiger partial charge is 0.501 e. The highest BCUT2D eigenvalue weighted by atomic mass is 28.4. The lowest BCUT2D eigenvalue weighted by Crippen LogP contribution is -2.50. The van der Waals surface area contributed by atoms with E-state index in [1.165, 1.54) is 109 Å². The van der Waals surface area contributed by atoms with Crippen LogP contribution in [-0.2, 0) is 22.8 Å². The minimum absolute atomic E-state index is 0.0571. The van der Waals surface area contributed by atoms with Crippen LogP contribution in [0.3, 0.4) is 0 Å². The van der Waals surface area contributed by atoms with Gasteiger partial charge in [0.15, 0.2) is 0 Å². The maximum atomic E-state index is 6.72. The molecular formula is C38H78NO5Si+. The van der Waals surface area contributed by atoms with Crippen LogP contribution >= 0.6 is 0 Å². The summed E-state index contributed by atoms with van der Waals surface area (Å²) in [7, 11) is 1.94. The standard InChI is InChI=1S/C38H78NO5Si/c1-8-9-10-11-12-13-14-15-16-17-18-19-20-21-22-23-25-39(6,7)26-24-27-45-42-30-36(35(4)5)29-40-38(33-44-45)31-41-37(32-43-45)28-34(2)3/h34-38H,8-33H2,1-7H3/q+1. The molecule has 2 fully saturated rings. The molecule has 2 bridgehead atoms. The van der Waals surface area contributed by atoms with Gasteiger partial charge in [0.2, 0.25) is 0 Å². The molecule has 2 saturated heterocycles. The SMILES string of the molecule is CCCCCCCCCCCCCCCCCC[N+](C)(C)CCC[Si]12OCC(COC(CC(C)C)CO1)OCC(C(C)C)CO2. The molecule has 7 heteroatoms. The predicted octanol–water partition coefficient (Wildman–Crippen LogP) is 9.82. The van der Waals surface area contributed by atoms with E-state index in [9.17, 15) is 0 Å². The molecule has 0 aromatic heterocycles. The summed E-state index contributed by atoms with van der Waals surface area (Å²) >= 11 is 0. The maximum Gasteiger partial charge on any atom is 0.501 e. The number of rotatable bonds is 24. The Morgan fingerprint density at radius 3 is 1.64 bits per heavy atom. The van der Waals surface area contributed by atoms with Crippen LogP contribution in [0, 0.1) is 17.8 Å². The van der Waals surface area contributed by atoms with Gasteiger partial charge in [-0.15, -0.1) is 0 Å². The van der Waals surface area contributed by atoms with Crippen molar-refractivity contribution in [1.29, 1.82) is 0 Å². The Bertz CT molecular complexity index is 708. The van der Waals surface area contributed by atoms with Crippen molar-refractivity contribution in [2.24, 2.45) is 17.8 Å². The van der Waals surface area contributed by atoms with Crippen molar-refractivity contribution in [2.45, 2.75) is 168 Å². The van der Waals surface area contributed by atoms with Gasteiger partial charge in [0.05, 0.1) is 59.7 Å². The van der Waals surface area contributed by atoms with Crippen molar-refractivity contribution in [3.05, 3.63) is 0 Å². The van der Waals surface area contributed by atoms with Gasteiger partial charge in [-0.05, 0) is 31.1 Å². The van der Waals surface area contributed by atoms with Gasteiger partial charge >= 0.3 is 8.80 Å². The minimum atomic E-state index is -2.85. The Hall–Kier alpha value is -0.0231. The van der Waals surface area contributed by atoms with Crippen LogP contribution in [0.2, 0.25) is 6.04 Å². The summed E-state index contributed by atoms with van der Waals surface area (Å²) in [5.41, 5.74) is 0. The van der Waals surface area contributed by atoms with Gasteiger partial charge in [-0.25, -0.2) is 0 Å². The van der Waals surface area contributed by atoms with E-state index in [4.69, 9.17) is 22.8 Å². The van der Waals surface area contributed by atoms with E-state index in [1.54, 1.807) is 0 Å². The molecule has 0 N–H and O–H groups in total. The second-order valence-electron chi connectivity index (χ2n) is 16.0. The topological polar surface area (TPSA) is 46.2 Å². The predicted molar refractivity (Wildman–Crippen MR) is 192 cm³/mol. The molecule has 0 saturated carbocycles. The van der Waals surface area contributed by atoms with Gasteiger partial charge in [-0.3, -0.25) is 0 Å². The van der Waals surface area contributed by atoms with Gasteiger partial charge in [0, 0.05) is 25.0 Å². The fourth-order valence-electron chi connectivity index (χ4n) is 6.73. The Morgan fingerprint density at radius 2 is 1.09 bits per heavy atom.